The largest absolute Gasteiger partial charge is 0.494 e. The summed E-state index contributed by atoms with van der Waals surface area (Å²) in [4.78, 5) is 2.21. The van der Waals surface area contributed by atoms with Crippen LogP contribution in [0.15, 0.2) is 17.0 Å². The van der Waals surface area contributed by atoms with Crippen molar-refractivity contribution in [2.75, 3.05) is 40.3 Å². The zero-order chi connectivity index (χ0) is 17.2. The summed E-state index contributed by atoms with van der Waals surface area (Å²) in [7, 11) is -0.283. The SMILES string of the molecule is CCN(C)CC1CCN(S(=O)(=O)c2ccc(OC)c(F)c2C)C1. The van der Waals surface area contributed by atoms with Crippen LogP contribution in [0.4, 0.5) is 4.39 Å². The third kappa shape index (κ3) is 3.67. The Morgan fingerprint density at radius 2 is 2.13 bits per heavy atom. The molecule has 0 spiro atoms. The molecular weight excluding hydrogens is 319 g/mol. The van der Waals surface area contributed by atoms with Gasteiger partial charge in [0.05, 0.1) is 12.0 Å². The molecule has 1 saturated heterocycles. The first-order valence-electron chi connectivity index (χ1n) is 7.83. The maximum atomic E-state index is 14.2. The number of rotatable bonds is 6. The van der Waals surface area contributed by atoms with Crippen LogP contribution in [0.5, 0.6) is 5.75 Å². The molecular formula is C16H25FN2O3S. The van der Waals surface area contributed by atoms with Crippen molar-refractivity contribution >= 4 is 10.0 Å². The lowest BCUT2D eigenvalue weighted by Gasteiger charge is -2.21. The molecule has 0 radical (unpaired) electrons. The smallest absolute Gasteiger partial charge is 0.243 e. The van der Waals surface area contributed by atoms with Crippen LogP contribution in [0.25, 0.3) is 0 Å². The van der Waals surface area contributed by atoms with Crippen LogP contribution in [0.2, 0.25) is 0 Å². The topological polar surface area (TPSA) is 49.9 Å². The fraction of sp³-hybridized carbons (Fsp3) is 0.625. The Bertz CT molecular complexity index is 664. The first-order valence-corrected chi connectivity index (χ1v) is 9.27. The predicted molar refractivity (Wildman–Crippen MR) is 87.7 cm³/mol. The van der Waals surface area contributed by atoms with Crippen LogP contribution in [0, 0.1) is 18.7 Å². The minimum Gasteiger partial charge on any atom is -0.494 e. The second-order valence-corrected chi connectivity index (χ2v) is 7.98. The lowest BCUT2D eigenvalue weighted by molar-refractivity contribution is 0.293. The van der Waals surface area contributed by atoms with E-state index in [1.807, 2.05) is 7.05 Å². The second kappa shape index (κ2) is 7.15. The van der Waals surface area contributed by atoms with E-state index in [1.54, 1.807) is 0 Å². The Kier molecular flexibility index (Phi) is 5.65. The zero-order valence-corrected chi connectivity index (χ0v) is 15.0. The minimum absolute atomic E-state index is 0.0281. The maximum Gasteiger partial charge on any atom is 0.243 e. The average molecular weight is 344 g/mol. The van der Waals surface area contributed by atoms with Crippen molar-refractivity contribution in [2.45, 2.75) is 25.2 Å². The van der Waals surface area contributed by atoms with Gasteiger partial charge < -0.3 is 9.64 Å². The summed E-state index contributed by atoms with van der Waals surface area (Å²) < 4.78 is 46.2. The van der Waals surface area contributed by atoms with Gasteiger partial charge in [0.25, 0.3) is 0 Å². The first kappa shape index (κ1) is 18.2. The summed E-state index contributed by atoms with van der Waals surface area (Å²) in [6, 6.07) is 2.80. The number of methoxy groups -OCH3 is 1. The van der Waals surface area contributed by atoms with Gasteiger partial charge in [0.2, 0.25) is 10.0 Å². The third-order valence-electron chi connectivity index (χ3n) is 4.50. The molecule has 0 amide bonds. The van der Waals surface area contributed by atoms with Gasteiger partial charge in [-0.05, 0) is 45.0 Å². The van der Waals surface area contributed by atoms with Crippen LogP contribution >= 0.6 is 0 Å². The van der Waals surface area contributed by atoms with Gasteiger partial charge in [0.15, 0.2) is 11.6 Å². The van der Waals surface area contributed by atoms with Crippen LogP contribution in [0.3, 0.4) is 0 Å². The van der Waals surface area contributed by atoms with E-state index in [0.717, 1.165) is 19.5 Å². The number of benzene rings is 1. The Hall–Kier alpha value is -1.18. The molecule has 7 heteroatoms. The van der Waals surface area contributed by atoms with Crippen LogP contribution < -0.4 is 4.74 Å². The fourth-order valence-electron chi connectivity index (χ4n) is 2.95. The fourth-order valence-corrected chi connectivity index (χ4v) is 4.70. The summed E-state index contributed by atoms with van der Waals surface area (Å²) in [5.41, 5.74) is 0.110. The van der Waals surface area contributed by atoms with E-state index in [2.05, 4.69) is 11.8 Å². The highest BCUT2D eigenvalue weighted by Gasteiger charge is 2.34. The van der Waals surface area contributed by atoms with Crippen molar-refractivity contribution in [3.8, 4) is 5.75 Å². The third-order valence-corrected chi connectivity index (χ3v) is 6.51. The van der Waals surface area contributed by atoms with Gasteiger partial charge in [-0.25, -0.2) is 12.8 Å². The maximum absolute atomic E-state index is 14.2. The highest BCUT2D eigenvalue weighted by molar-refractivity contribution is 7.89. The van der Waals surface area contributed by atoms with Crippen molar-refractivity contribution in [3.05, 3.63) is 23.5 Å². The molecule has 0 aliphatic carbocycles. The number of sulfonamides is 1. The molecule has 2 rings (SSSR count). The summed E-state index contributed by atoms with van der Waals surface area (Å²) in [5, 5.41) is 0. The molecule has 5 nitrogen and oxygen atoms in total. The number of hydrogen-bond donors (Lipinski definition) is 0. The van der Waals surface area contributed by atoms with Gasteiger partial charge in [0.1, 0.15) is 0 Å². The lowest BCUT2D eigenvalue weighted by atomic mass is 10.1. The Labute approximate surface area is 138 Å². The molecule has 0 bridgehead atoms. The quantitative estimate of drug-likeness (QED) is 0.793. The van der Waals surface area contributed by atoms with Gasteiger partial charge in [0, 0.05) is 25.2 Å². The van der Waals surface area contributed by atoms with Gasteiger partial charge >= 0.3 is 0 Å². The van der Waals surface area contributed by atoms with Crippen LogP contribution in [-0.4, -0.2) is 58.0 Å². The number of nitrogens with zero attached hydrogens (tertiary/aromatic N) is 2. The van der Waals surface area contributed by atoms with E-state index < -0.39 is 15.8 Å². The summed E-state index contributed by atoms with van der Waals surface area (Å²) in [5.74, 6) is -0.238. The highest BCUT2D eigenvalue weighted by atomic mass is 32.2. The number of ether oxygens (including phenoxy) is 1. The summed E-state index contributed by atoms with van der Waals surface area (Å²) in [6.07, 6.45) is 0.835. The monoisotopic (exact) mass is 344 g/mol. The predicted octanol–water partition coefficient (Wildman–Crippen LogP) is 2.11. The van der Waals surface area contributed by atoms with Crippen molar-refractivity contribution in [3.63, 3.8) is 0 Å². The van der Waals surface area contributed by atoms with E-state index in [4.69, 9.17) is 4.74 Å². The van der Waals surface area contributed by atoms with Crippen LogP contribution in [0.1, 0.15) is 18.9 Å². The Morgan fingerprint density at radius 1 is 1.43 bits per heavy atom. The molecule has 1 aliphatic rings. The number of halogens is 1. The van der Waals surface area contributed by atoms with Gasteiger partial charge in [-0.15, -0.1) is 0 Å². The molecule has 23 heavy (non-hydrogen) atoms. The second-order valence-electron chi connectivity index (χ2n) is 6.08. The normalized spacial score (nSPS) is 19.5. The van der Waals surface area contributed by atoms with Gasteiger partial charge in [-0.2, -0.15) is 4.31 Å². The Morgan fingerprint density at radius 3 is 2.74 bits per heavy atom. The van der Waals surface area contributed by atoms with Crippen molar-refractivity contribution in [1.29, 1.82) is 0 Å². The van der Waals surface area contributed by atoms with E-state index >= 15 is 0 Å². The molecule has 1 aliphatic heterocycles. The molecule has 0 N–H and O–H groups in total. The van der Waals surface area contributed by atoms with Crippen molar-refractivity contribution < 1.29 is 17.5 Å². The van der Waals surface area contributed by atoms with E-state index in [0.29, 0.717) is 19.0 Å². The molecule has 1 fully saturated rings. The van der Waals surface area contributed by atoms with Crippen molar-refractivity contribution in [2.24, 2.45) is 5.92 Å². The van der Waals surface area contributed by atoms with Crippen molar-refractivity contribution in [1.82, 2.24) is 9.21 Å². The molecule has 130 valence electrons. The zero-order valence-electron chi connectivity index (χ0n) is 14.2. The lowest BCUT2D eigenvalue weighted by Crippen LogP contribution is -2.32. The summed E-state index contributed by atoms with van der Waals surface area (Å²) >= 11 is 0. The first-order chi connectivity index (χ1) is 10.8. The van der Waals surface area contributed by atoms with E-state index in [9.17, 15) is 12.8 Å². The molecule has 1 aromatic rings. The van der Waals surface area contributed by atoms with E-state index in [-0.39, 0.29) is 16.2 Å². The van der Waals surface area contributed by atoms with E-state index in [1.165, 1.54) is 30.5 Å². The summed E-state index contributed by atoms with van der Waals surface area (Å²) in [6.45, 7) is 6.33. The molecule has 1 heterocycles. The standard InChI is InChI=1S/C16H25FN2O3S/c1-5-18(3)10-13-8-9-19(11-13)23(20,21)15-7-6-14(22-4)16(17)12(15)2/h6-7,13H,5,8-11H2,1-4H3. The molecule has 1 atom stereocenters. The van der Waals surface area contributed by atoms with Crippen LogP contribution in [-0.2, 0) is 10.0 Å². The molecule has 1 unspecified atom stereocenters. The molecule has 1 aromatic carbocycles. The minimum atomic E-state index is -3.67. The molecule has 0 aromatic heterocycles. The van der Waals surface area contributed by atoms with Gasteiger partial charge in [-0.1, -0.05) is 6.92 Å². The number of hydrogen-bond acceptors (Lipinski definition) is 4. The highest BCUT2D eigenvalue weighted by Crippen LogP contribution is 2.30. The Balaban J connectivity index is 2.22. The van der Waals surface area contributed by atoms with Gasteiger partial charge in [-0.3, -0.25) is 0 Å². The average Bonchev–Trinajstić information content (AvgIpc) is 2.98. The molecule has 0 saturated carbocycles.